The highest BCUT2D eigenvalue weighted by Crippen LogP contribution is 2.27. The summed E-state index contributed by atoms with van der Waals surface area (Å²) in [5, 5.41) is 13.5. The summed E-state index contributed by atoms with van der Waals surface area (Å²) in [4.78, 5) is 13.7. The summed E-state index contributed by atoms with van der Waals surface area (Å²) in [5.74, 6) is 1.91. The third-order valence-corrected chi connectivity index (χ3v) is 5.77. The maximum absolute atomic E-state index is 9.45. The zero-order valence-electron chi connectivity index (χ0n) is 18.2. The van der Waals surface area contributed by atoms with E-state index in [2.05, 4.69) is 56.2 Å². The van der Waals surface area contributed by atoms with Crippen molar-refractivity contribution in [3.63, 3.8) is 0 Å². The molecule has 0 amide bonds. The Kier molecular flexibility index (Phi) is 5.36. The van der Waals surface area contributed by atoms with E-state index in [1.54, 1.807) is 24.3 Å². The predicted molar refractivity (Wildman–Crippen MR) is 121 cm³/mol. The predicted octanol–water partition coefficient (Wildman–Crippen LogP) is 3.75. The first-order chi connectivity index (χ1) is 15.5. The number of oxazole rings is 1. The normalized spacial score (nSPS) is 14.8. The number of anilines is 1. The second kappa shape index (κ2) is 8.47. The Morgan fingerprint density at radius 2 is 1.75 bits per heavy atom. The van der Waals surface area contributed by atoms with Gasteiger partial charge in [-0.1, -0.05) is 17.3 Å². The molecular formula is C24H25N5O3. The van der Waals surface area contributed by atoms with Crippen LogP contribution in [0.5, 0.6) is 5.75 Å². The summed E-state index contributed by atoms with van der Waals surface area (Å²) >= 11 is 0. The average Bonchev–Trinajstić information content (AvgIpc) is 3.42. The number of phenols is 1. The number of hydrogen-bond donors (Lipinski definition) is 1. The largest absolute Gasteiger partial charge is 0.508 e. The van der Waals surface area contributed by atoms with Gasteiger partial charge in [-0.3, -0.25) is 0 Å². The summed E-state index contributed by atoms with van der Waals surface area (Å²) in [7, 11) is 2.16. The number of phenolic OH excluding ortho intramolecular Hbond substituents is 1. The summed E-state index contributed by atoms with van der Waals surface area (Å²) in [6.45, 7) is 6.14. The second-order valence-corrected chi connectivity index (χ2v) is 8.13. The second-order valence-electron chi connectivity index (χ2n) is 8.13. The van der Waals surface area contributed by atoms with Crippen LogP contribution in [0.1, 0.15) is 17.0 Å². The fourth-order valence-electron chi connectivity index (χ4n) is 3.83. The molecule has 1 N–H and O–H groups in total. The fourth-order valence-corrected chi connectivity index (χ4v) is 3.83. The van der Waals surface area contributed by atoms with E-state index in [-0.39, 0.29) is 11.6 Å². The fraction of sp³-hybridized carbons (Fsp3) is 0.292. The van der Waals surface area contributed by atoms with E-state index in [0.29, 0.717) is 18.1 Å². The number of aryl methyl sites for hydroxylation is 1. The van der Waals surface area contributed by atoms with Crippen LogP contribution >= 0.6 is 0 Å². The van der Waals surface area contributed by atoms with Crippen LogP contribution in [0.15, 0.2) is 57.5 Å². The Labute approximate surface area is 186 Å². The van der Waals surface area contributed by atoms with Crippen LogP contribution in [0.25, 0.3) is 23.2 Å². The Morgan fingerprint density at radius 1 is 0.969 bits per heavy atom. The molecule has 32 heavy (non-hydrogen) atoms. The molecule has 8 nitrogen and oxygen atoms in total. The van der Waals surface area contributed by atoms with E-state index in [4.69, 9.17) is 8.94 Å². The quantitative estimate of drug-likeness (QED) is 0.511. The molecule has 2 aromatic heterocycles. The van der Waals surface area contributed by atoms with Crippen LogP contribution in [0.2, 0.25) is 0 Å². The highest BCUT2D eigenvalue weighted by molar-refractivity contribution is 5.57. The molecule has 1 saturated heterocycles. The van der Waals surface area contributed by atoms with E-state index in [0.717, 1.165) is 43.2 Å². The summed E-state index contributed by atoms with van der Waals surface area (Å²) < 4.78 is 11.4. The zero-order valence-corrected chi connectivity index (χ0v) is 18.2. The number of likely N-dealkylation sites (N-methyl/N-ethyl adjacent to an activating group) is 1. The van der Waals surface area contributed by atoms with Crippen molar-refractivity contribution in [1.29, 1.82) is 0 Å². The number of nitrogens with zero attached hydrogens (tertiary/aromatic N) is 5. The van der Waals surface area contributed by atoms with Gasteiger partial charge in [0.05, 0.1) is 5.69 Å². The molecule has 0 radical (unpaired) electrons. The van der Waals surface area contributed by atoms with Gasteiger partial charge in [-0.2, -0.15) is 4.98 Å². The standard InChI is InChI=1S/C24H25N5O3/c1-16-21(15-17-4-3-5-19(14-17)29-12-10-28(2)11-13-29)31-23(25-16)24-26-22(27-32-24)18-6-8-20(30)9-7-18/h3-9,14,30H,10-13,15H2,1-2H3. The van der Waals surface area contributed by atoms with Gasteiger partial charge in [-0.25, -0.2) is 4.98 Å². The topological polar surface area (TPSA) is 91.7 Å². The molecule has 164 valence electrons. The lowest BCUT2D eigenvalue weighted by Gasteiger charge is -2.34. The molecular weight excluding hydrogens is 406 g/mol. The molecule has 0 unspecified atom stereocenters. The first kappa shape index (κ1) is 20.3. The zero-order chi connectivity index (χ0) is 22.1. The van der Waals surface area contributed by atoms with Crippen molar-refractivity contribution in [3.8, 4) is 28.9 Å². The summed E-state index contributed by atoms with van der Waals surface area (Å²) in [6.07, 6.45) is 0.638. The van der Waals surface area contributed by atoms with Crippen LogP contribution in [0.3, 0.4) is 0 Å². The Hall–Kier alpha value is -3.65. The number of aromatic hydroxyl groups is 1. The molecule has 0 bridgehead atoms. The van der Waals surface area contributed by atoms with Crippen molar-refractivity contribution >= 4 is 5.69 Å². The van der Waals surface area contributed by atoms with Gasteiger partial charge < -0.3 is 23.8 Å². The lowest BCUT2D eigenvalue weighted by molar-refractivity contribution is 0.313. The van der Waals surface area contributed by atoms with E-state index in [9.17, 15) is 5.11 Å². The minimum Gasteiger partial charge on any atom is -0.508 e. The van der Waals surface area contributed by atoms with Gasteiger partial charge in [0.1, 0.15) is 11.5 Å². The van der Waals surface area contributed by atoms with E-state index >= 15 is 0 Å². The molecule has 0 atom stereocenters. The van der Waals surface area contributed by atoms with Crippen LogP contribution in [-0.4, -0.2) is 58.4 Å². The van der Waals surface area contributed by atoms with Crippen molar-refractivity contribution in [2.75, 3.05) is 38.1 Å². The van der Waals surface area contributed by atoms with E-state index in [1.807, 2.05) is 6.92 Å². The van der Waals surface area contributed by atoms with E-state index < -0.39 is 0 Å². The van der Waals surface area contributed by atoms with Crippen LogP contribution < -0.4 is 4.90 Å². The summed E-state index contributed by atoms with van der Waals surface area (Å²) in [6, 6.07) is 15.2. The molecule has 2 aromatic carbocycles. The molecule has 0 saturated carbocycles. The van der Waals surface area contributed by atoms with Crippen molar-refractivity contribution < 1.29 is 14.0 Å². The van der Waals surface area contributed by atoms with Gasteiger partial charge in [-0.05, 0) is 55.9 Å². The Balaban J connectivity index is 1.33. The van der Waals surface area contributed by atoms with Crippen LogP contribution in [0, 0.1) is 6.92 Å². The van der Waals surface area contributed by atoms with Gasteiger partial charge in [0, 0.05) is 43.9 Å². The van der Waals surface area contributed by atoms with Gasteiger partial charge in [0.25, 0.3) is 5.89 Å². The molecule has 1 fully saturated rings. The number of benzene rings is 2. The number of aromatic nitrogens is 3. The highest BCUT2D eigenvalue weighted by Gasteiger charge is 2.19. The molecule has 5 rings (SSSR count). The van der Waals surface area contributed by atoms with Crippen molar-refractivity contribution in [2.45, 2.75) is 13.3 Å². The number of rotatable bonds is 5. The minimum absolute atomic E-state index is 0.183. The van der Waals surface area contributed by atoms with Crippen molar-refractivity contribution in [3.05, 3.63) is 65.5 Å². The maximum Gasteiger partial charge on any atom is 0.314 e. The average molecular weight is 431 g/mol. The van der Waals surface area contributed by atoms with Crippen LogP contribution in [0.4, 0.5) is 5.69 Å². The molecule has 0 aliphatic carbocycles. The SMILES string of the molecule is Cc1nc(-c2nc(-c3ccc(O)cc3)no2)oc1Cc1cccc(N2CCN(C)CC2)c1. The first-order valence-electron chi connectivity index (χ1n) is 10.7. The first-order valence-corrected chi connectivity index (χ1v) is 10.7. The molecule has 8 heteroatoms. The van der Waals surface area contributed by atoms with Crippen molar-refractivity contribution in [2.24, 2.45) is 0 Å². The monoisotopic (exact) mass is 431 g/mol. The summed E-state index contributed by atoms with van der Waals surface area (Å²) in [5.41, 5.74) is 3.95. The lowest BCUT2D eigenvalue weighted by Crippen LogP contribution is -2.44. The molecule has 3 heterocycles. The Morgan fingerprint density at radius 3 is 2.53 bits per heavy atom. The third-order valence-electron chi connectivity index (χ3n) is 5.77. The maximum atomic E-state index is 9.45. The molecule has 1 aliphatic rings. The van der Waals surface area contributed by atoms with Gasteiger partial charge in [-0.15, -0.1) is 0 Å². The van der Waals surface area contributed by atoms with Gasteiger partial charge in [0.15, 0.2) is 0 Å². The molecule has 4 aromatic rings. The third kappa shape index (κ3) is 4.22. The highest BCUT2D eigenvalue weighted by atomic mass is 16.5. The van der Waals surface area contributed by atoms with Crippen LogP contribution in [-0.2, 0) is 6.42 Å². The smallest absolute Gasteiger partial charge is 0.314 e. The molecule has 0 spiro atoms. The Bertz CT molecular complexity index is 1210. The lowest BCUT2D eigenvalue weighted by atomic mass is 10.1. The van der Waals surface area contributed by atoms with Crippen molar-refractivity contribution in [1.82, 2.24) is 20.0 Å². The molecule has 1 aliphatic heterocycles. The van der Waals surface area contributed by atoms with Gasteiger partial charge >= 0.3 is 5.89 Å². The number of hydrogen-bond acceptors (Lipinski definition) is 8. The minimum atomic E-state index is 0.183. The number of piperazine rings is 1. The van der Waals surface area contributed by atoms with Gasteiger partial charge in [0.2, 0.25) is 5.82 Å². The van der Waals surface area contributed by atoms with E-state index in [1.165, 1.54) is 11.3 Å².